The molecule has 19 heavy (non-hydrogen) atoms. The van der Waals surface area contributed by atoms with Crippen LogP contribution < -0.4 is 5.32 Å². The zero-order valence-electron chi connectivity index (χ0n) is 10.9. The molecule has 0 saturated carbocycles. The topological polar surface area (TPSA) is 73.6 Å². The van der Waals surface area contributed by atoms with Crippen molar-refractivity contribution in [3.63, 3.8) is 0 Å². The van der Waals surface area contributed by atoms with Gasteiger partial charge in [-0.3, -0.25) is 10.1 Å². The molecule has 0 heterocycles. The Morgan fingerprint density at radius 1 is 1.42 bits per heavy atom. The highest BCUT2D eigenvalue weighted by molar-refractivity contribution is 5.61. The molecule has 0 unspecified atom stereocenters. The van der Waals surface area contributed by atoms with Crippen molar-refractivity contribution in [3.05, 3.63) is 34.1 Å². The molecule has 1 N–H and O–H groups in total. The quantitative estimate of drug-likeness (QED) is 0.341. The van der Waals surface area contributed by atoms with Crippen molar-refractivity contribution in [2.45, 2.75) is 19.1 Å². The normalized spacial score (nSPS) is 10.7. The van der Waals surface area contributed by atoms with Crippen molar-refractivity contribution in [1.82, 2.24) is 0 Å². The van der Waals surface area contributed by atoms with Crippen LogP contribution in [0.1, 0.15) is 12.8 Å². The summed E-state index contributed by atoms with van der Waals surface area (Å²) in [5.74, 6) is -0.629. The molecule has 0 aliphatic heterocycles. The molecule has 0 saturated heterocycles. The molecule has 0 atom stereocenters. The number of hydrogen-bond donors (Lipinski definition) is 1. The van der Waals surface area contributed by atoms with Crippen LogP contribution in [0.4, 0.5) is 15.8 Å². The van der Waals surface area contributed by atoms with Crippen molar-refractivity contribution in [2.24, 2.45) is 0 Å². The Morgan fingerprint density at radius 3 is 2.68 bits per heavy atom. The van der Waals surface area contributed by atoms with E-state index >= 15 is 0 Å². The van der Waals surface area contributed by atoms with Gasteiger partial charge >= 0.3 is 0 Å². The number of ether oxygens (including phenoxy) is 2. The van der Waals surface area contributed by atoms with Gasteiger partial charge in [-0.25, -0.2) is 4.39 Å². The van der Waals surface area contributed by atoms with Crippen molar-refractivity contribution in [3.8, 4) is 0 Å². The fourth-order valence-corrected chi connectivity index (χ4v) is 1.63. The summed E-state index contributed by atoms with van der Waals surface area (Å²) >= 11 is 0. The second-order valence-corrected chi connectivity index (χ2v) is 3.89. The van der Waals surface area contributed by atoms with Gasteiger partial charge in [0.05, 0.1) is 11.0 Å². The Bertz CT molecular complexity index is 424. The third-order valence-electron chi connectivity index (χ3n) is 2.61. The second-order valence-electron chi connectivity index (χ2n) is 3.89. The molecule has 0 spiro atoms. The van der Waals surface area contributed by atoms with Crippen molar-refractivity contribution in [2.75, 3.05) is 26.1 Å². The number of anilines is 1. The Hall–Kier alpha value is -1.73. The minimum Gasteiger partial charge on any atom is -0.379 e. The lowest BCUT2D eigenvalue weighted by atomic mass is 10.2. The minimum atomic E-state index is -0.629. The number of nitrogens with one attached hydrogen (secondary N) is 1. The van der Waals surface area contributed by atoms with Crippen molar-refractivity contribution < 1.29 is 18.8 Å². The molecule has 106 valence electrons. The van der Waals surface area contributed by atoms with Crippen LogP contribution in [0.3, 0.4) is 0 Å². The molecule has 0 amide bonds. The Kier molecular flexibility index (Phi) is 6.17. The zero-order valence-corrected chi connectivity index (χ0v) is 10.9. The van der Waals surface area contributed by atoms with Gasteiger partial charge in [0, 0.05) is 20.8 Å². The maximum atomic E-state index is 12.9. The first-order valence-corrected chi connectivity index (χ1v) is 5.82. The predicted octanol–water partition coefficient (Wildman–Crippen LogP) is 2.54. The third-order valence-corrected chi connectivity index (χ3v) is 2.61. The van der Waals surface area contributed by atoms with Crippen LogP contribution in [0.15, 0.2) is 18.2 Å². The highest BCUT2D eigenvalue weighted by Crippen LogP contribution is 2.24. The standard InChI is InChI=1S/C12H17FN2O4/c1-18-12(19-2)4-3-7-14-10-6-5-9(13)8-11(10)15(16)17/h5-6,8,12,14H,3-4,7H2,1-2H3. The van der Waals surface area contributed by atoms with Gasteiger partial charge in [-0.15, -0.1) is 0 Å². The molecule has 0 fully saturated rings. The van der Waals surface area contributed by atoms with E-state index in [1.165, 1.54) is 12.1 Å². The highest BCUT2D eigenvalue weighted by atomic mass is 19.1. The molecule has 0 bridgehead atoms. The van der Waals surface area contributed by atoms with Crippen LogP contribution in [-0.2, 0) is 9.47 Å². The number of halogens is 1. The van der Waals surface area contributed by atoms with Gasteiger partial charge < -0.3 is 14.8 Å². The van der Waals surface area contributed by atoms with Crippen LogP contribution in [0.25, 0.3) is 0 Å². The maximum absolute atomic E-state index is 12.9. The summed E-state index contributed by atoms with van der Waals surface area (Å²) in [5.41, 5.74) is 0.0350. The van der Waals surface area contributed by atoms with Crippen LogP contribution in [0, 0.1) is 15.9 Å². The van der Waals surface area contributed by atoms with Gasteiger partial charge in [-0.2, -0.15) is 0 Å². The van der Waals surface area contributed by atoms with Crippen LogP contribution >= 0.6 is 0 Å². The van der Waals surface area contributed by atoms with Gasteiger partial charge in [-0.05, 0) is 25.0 Å². The Balaban J connectivity index is 2.51. The number of methoxy groups -OCH3 is 2. The smallest absolute Gasteiger partial charge is 0.295 e. The molecule has 7 heteroatoms. The van der Waals surface area contributed by atoms with E-state index in [1.54, 1.807) is 14.2 Å². The first-order chi connectivity index (χ1) is 9.08. The summed E-state index contributed by atoms with van der Waals surface area (Å²) < 4.78 is 23.0. The lowest BCUT2D eigenvalue weighted by Gasteiger charge is -2.13. The van der Waals surface area contributed by atoms with E-state index in [2.05, 4.69) is 5.32 Å². The fraction of sp³-hybridized carbons (Fsp3) is 0.500. The van der Waals surface area contributed by atoms with Gasteiger partial charge in [0.15, 0.2) is 6.29 Å². The van der Waals surface area contributed by atoms with Crippen LogP contribution in [-0.4, -0.2) is 32.0 Å². The molecule has 1 aromatic rings. The minimum absolute atomic E-state index is 0.268. The molecule has 0 aliphatic rings. The average Bonchev–Trinajstić information content (AvgIpc) is 2.40. The molecule has 1 aromatic carbocycles. The average molecular weight is 272 g/mol. The predicted molar refractivity (Wildman–Crippen MR) is 68.6 cm³/mol. The van der Waals surface area contributed by atoms with Gasteiger partial charge in [0.1, 0.15) is 11.5 Å². The first kappa shape index (κ1) is 15.3. The summed E-state index contributed by atoms with van der Waals surface area (Å²) in [4.78, 5) is 10.2. The van der Waals surface area contributed by atoms with E-state index in [0.29, 0.717) is 25.1 Å². The first-order valence-electron chi connectivity index (χ1n) is 5.82. The Morgan fingerprint density at radius 2 is 2.11 bits per heavy atom. The largest absolute Gasteiger partial charge is 0.379 e. The number of rotatable bonds is 8. The zero-order chi connectivity index (χ0) is 14.3. The number of benzene rings is 1. The van der Waals surface area contributed by atoms with E-state index in [0.717, 1.165) is 6.07 Å². The highest BCUT2D eigenvalue weighted by Gasteiger charge is 2.14. The summed E-state index contributed by atoms with van der Waals surface area (Å²) in [6, 6.07) is 3.44. The van der Waals surface area contributed by atoms with Crippen LogP contribution in [0.2, 0.25) is 0 Å². The molecule has 0 radical (unpaired) electrons. The van der Waals surface area contributed by atoms with Gasteiger partial charge in [0.2, 0.25) is 0 Å². The SMILES string of the molecule is COC(CCCNc1ccc(F)cc1[N+](=O)[O-])OC. The van der Waals surface area contributed by atoms with E-state index in [1.807, 2.05) is 0 Å². The van der Waals surface area contributed by atoms with Crippen molar-refractivity contribution >= 4 is 11.4 Å². The lowest BCUT2D eigenvalue weighted by molar-refractivity contribution is -0.384. The van der Waals surface area contributed by atoms with Gasteiger partial charge in [0.25, 0.3) is 5.69 Å². The third kappa shape index (κ3) is 4.80. The summed E-state index contributed by atoms with van der Waals surface area (Å²) in [5, 5.41) is 13.7. The number of nitro benzene ring substituents is 1. The molecule has 1 rings (SSSR count). The second kappa shape index (κ2) is 7.65. The molecular formula is C12H17FN2O4. The van der Waals surface area contributed by atoms with Gasteiger partial charge in [-0.1, -0.05) is 0 Å². The van der Waals surface area contributed by atoms with E-state index in [9.17, 15) is 14.5 Å². The van der Waals surface area contributed by atoms with E-state index in [-0.39, 0.29) is 12.0 Å². The number of nitro groups is 1. The molecule has 6 nitrogen and oxygen atoms in total. The number of hydrogen-bond acceptors (Lipinski definition) is 5. The Labute approximate surface area is 110 Å². The summed E-state index contributed by atoms with van der Waals surface area (Å²) in [6.45, 7) is 0.510. The molecule has 0 aromatic heterocycles. The maximum Gasteiger partial charge on any atom is 0.295 e. The van der Waals surface area contributed by atoms with Crippen LogP contribution in [0.5, 0.6) is 0 Å². The summed E-state index contributed by atoms with van der Waals surface area (Å²) in [7, 11) is 3.10. The van der Waals surface area contributed by atoms with E-state index < -0.39 is 10.7 Å². The molecule has 0 aliphatic carbocycles. The summed E-state index contributed by atoms with van der Waals surface area (Å²) in [6.07, 6.45) is 1.08. The lowest BCUT2D eigenvalue weighted by Crippen LogP contribution is -2.15. The monoisotopic (exact) mass is 272 g/mol. The molecular weight excluding hydrogens is 255 g/mol. The fourth-order valence-electron chi connectivity index (χ4n) is 1.63. The van der Waals surface area contributed by atoms with Crippen molar-refractivity contribution in [1.29, 1.82) is 0 Å². The number of nitrogens with zero attached hydrogens (tertiary/aromatic N) is 1. The van der Waals surface area contributed by atoms with E-state index in [4.69, 9.17) is 9.47 Å².